The second-order valence-corrected chi connectivity index (χ2v) is 9.21. The Morgan fingerprint density at radius 1 is 1.24 bits per heavy atom. The number of halogens is 1. The summed E-state index contributed by atoms with van der Waals surface area (Å²) in [4.78, 5) is 28.9. The zero-order valence-electron chi connectivity index (χ0n) is 18.7. The van der Waals surface area contributed by atoms with Crippen LogP contribution in [0.15, 0.2) is 23.4 Å². The highest BCUT2D eigenvalue weighted by Crippen LogP contribution is 2.25. The molecule has 12 heteroatoms. The molecule has 0 aliphatic rings. The van der Waals surface area contributed by atoms with Crippen molar-refractivity contribution < 1.29 is 19.1 Å². The minimum absolute atomic E-state index is 0.114. The minimum Gasteiger partial charge on any atom is -0.485 e. The van der Waals surface area contributed by atoms with Gasteiger partial charge in [-0.05, 0) is 51.5 Å². The molecule has 3 aromatic rings. The molecule has 2 heterocycles. The lowest BCUT2D eigenvalue weighted by molar-refractivity contribution is -0.113. The molecule has 0 radical (unpaired) electrons. The van der Waals surface area contributed by atoms with Crippen LogP contribution < -0.4 is 10.1 Å². The molecule has 0 saturated carbocycles. The summed E-state index contributed by atoms with van der Waals surface area (Å²) in [6.07, 6.45) is 0. The molecule has 0 aliphatic carbocycles. The fourth-order valence-electron chi connectivity index (χ4n) is 2.89. The zero-order chi connectivity index (χ0) is 24.0. The van der Waals surface area contributed by atoms with Gasteiger partial charge in [-0.25, -0.2) is 9.78 Å². The monoisotopic (exact) mass is 509 g/mol. The number of amides is 1. The van der Waals surface area contributed by atoms with Crippen molar-refractivity contribution in [3.8, 4) is 5.75 Å². The van der Waals surface area contributed by atoms with Gasteiger partial charge in [0.05, 0.1) is 18.1 Å². The summed E-state index contributed by atoms with van der Waals surface area (Å²) in [5, 5.41) is 12.7. The molecule has 0 fully saturated rings. The van der Waals surface area contributed by atoms with Gasteiger partial charge >= 0.3 is 5.97 Å². The number of nitrogens with one attached hydrogen (secondary N) is 1. The van der Waals surface area contributed by atoms with Crippen molar-refractivity contribution in [3.63, 3.8) is 0 Å². The van der Waals surface area contributed by atoms with Crippen molar-refractivity contribution in [1.82, 2.24) is 19.7 Å². The second kappa shape index (κ2) is 11.5. The molecule has 0 aliphatic heterocycles. The number of aromatic nitrogens is 4. The zero-order valence-corrected chi connectivity index (χ0v) is 21.1. The quantitative estimate of drug-likeness (QED) is 0.314. The molecule has 0 atom stereocenters. The van der Waals surface area contributed by atoms with Crippen LogP contribution >= 0.6 is 34.7 Å². The molecule has 1 aromatic carbocycles. The summed E-state index contributed by atoms with van der Waals surface area (Å²) in [7, 11) is 0. The first kappa shape index (κ1) is 25.0. The first-order valence-electron chi connectivity index (χ1n) is 10.2. The molecule has 0 spiro atoms. The van der Waals surface area contributed by atoms with Crippen LogP contribution in [0.4, 0.5) is 5.13 Å². The number of anilines is 1. The normalized spacial score (nSPS) is 10.8. The Kier molecular flexibility index (Phi) is 8.70. The van der Waals surface area contributed by atoms with Crippen LogP contribution in [0.5, 0.6) is 5.75 Å². The number of rotatable bonds is 10. The maximum Gasteiger partial charge on any atom is 0.350 e. The van der Waals surface area contributed by atoms with E-state index in [0.29, 0.717) is 38.3 Å². The second-order valence-electron chi connectivity index (χ2n) is 6.83. The molecule has 176 valence electrons. The van der Waals surface area contributed by atoms with Crippen molar-refractivity contribution in [2.75, 3.05) is 17.7 Å². The molecule has 0 bridgehead atoms. The van der Waals surface area contributed by atoms with E-state index in [4.69, 9.17) is 21.1 Å². The van der Waals surface area contributed by atoms with Gasteiger partial charge in [0, 0.05) is 11.6 Å². The van der Waals surface area contributed by atoms with E-state index in [1.54, 1.807) is 19.9 Å². The predicted octanol–water partition coefficient (Wildman–Crippen LogP) is 4.51. The third-order valence-electron chi connectivity index (χ3n) is 4.44. The number of carbonyl (C=O) groups excluding carboxylic acids is 2. The number of esters is 1. The highest BCUT2D eigenvalue weighted by Gasteiger charge is 2.19. The van der Waals surface area contributed by atoms with E-state index in [9.17, 15) is 9.59 Å². The largest absolute Gasteiger partial charge is 0.485 e. The average molecular weight is 510 g/mol. The molecule has 0 saturated heterocycles. The number of thioether (sulfide) groups is 1. The van der Waals surface area contributed by atoms with Crippen LogP contribution in [0, 0.1) is 13.8 Å². The molecule has 0 unspecified atom stereocenters. The van der Waals surface area contributed by atoms with Gasteiger partial charge in [-0.2, -0.15) is 0 Å². The van der Waals surface area contributed by atoms with Crippen molar-refractivity contribution in [1.29, 1.82) is 0 Å². The van der Waals surface area contributed by atoms with E-state index in [1.807, 2.05) is 30.5 Å². The molecule has 1 amide bonds. The maximum atomic E-state index is 12.4. The Morgan fingerprint density at radius 3 is 2.73 bits per heavy atom. The highest BCUT2D eigenvalue weighted by atomic mass is 35.5. The molecule has 2 aromatic heterocycles. The Hall–Kier alpha value is -2.63. The van der Waals surface area contributed by atoms with Crippen LogP contribution in [0.2, 0.25) is 5.02 Å². The summed E-state index contributed by atoms with van der Waals surface area (Å²) in [5.41, 5.74) is 1.45. The molecular formula is C21H24ClN5O4S2. The number of carbonyl (C=O) groups is 2. The van der Waals surface area contributed by atoms with Crippen molar-refractivity contribution in [3.05, 3.63) is 45.2 Å². The smallest absolute Gasteiger partial charge is 0.350 e. The van der Waals surface area contributed by atoms with Crippen molar-refractivity contribution in [2.45, 2.75) is 46.0 Å². The first-order chi connectivity index (χ1) is 15.8. The lowest BCUT2D eigenvalue weighted by atomic mass is 10.2. The third kappa shape index (κ3) is 6.46. The number of aryl methyl sites for hydroxylation is 2. The lowest BCUT2D eigenvalue weighted by Crippen LogP contribution is -2.14. The highest BCUT2D eigenvalue weighted by molar-refractivity contribution is 7.99. The number of ether oxygens (including phenoxy) is 2. The van der Waals surface area contributed by atoms with Crippen LogP contribution in [-0.4, -0.2) is 44.0 Å². The van der Waals surface area contributed by atoms with Crippen LogP contribution in [0.3, 0.4) is 0 Å². The topological polar surface area (TPSA) is 108 Å². The van der Waals surface area contributed by atoms with Gasteiger partial charge in [0.2, 0.25) is 5.91 Å². The van der Waals surface area contributed by atoms with Gasteiger partial charge in [0.1, 0.15) is 17.2 Å². The Balaban J connectivity index is 1.58. The van der Waals surface area contributed by atoms with E-state index < -0.39 is 5.97 Å². The SMILES string of the molecule is CCOC(=O)c1sc(NC(=O)CSc2nnc(COc3ccc(Cl)cc3C)n2CC)nc1C. The number of hydrogen-bond acceptors (Lipinski definition) is 9. The van der Waals surface area contributed by atoms with Gasteiger partial charge in [-0.15, -0.1) is 10.2 Å². The van der Waals surface area contributed by atoms with E-state index in [0.717, 1.165) is 22.6 Å². The summed E-state index contributed by atoms with van der Waals surface area (Å²) in [5.74, 6) is 0.790. The van der Waals surface area contributed by atoms with Crippen LogP contribution in [0.25, 0.3) is 0 Å². The number of nitrogens with zero attached hydrogens (tertiary/aromatic N) is 4. The summed E-state index contributed by atoms with van der Waals surface area (Å²) in [6.45, 7) is 8.48. The van der Waals surface area contributed by atoms with E-state index in [1.165, 1.54) is 11.8 Å². The van der Waals surface area contributed by atoms with E-state index in [-0.39, 0.29) is 24.9 Å². The lowest BCUT2D eigenvalue weighted by Gasteiger charge is -2.10. The Bertz CT molecular complexity index is 1150. The minimum atomic E-state index is -0.443. The van der Waals surface area contributed by atoms with E-state index >= 15 is 0 Å². The van der Waals surface area contributed by atoms with Gasteiger partial charge in [-0.1, -0.05) is 34.7 Å². The first-order valence-corrected chi connectivity index (χ1v) is 12.4. The fourth-order valence-corrected chi connectivity index (χ4v) is 4.81. The van der Waals surface area contributed by atoms with Crippen LogP contribution in [-0.2, 0) is 22.7 Å². The van der Waals surface area contributed by atoms with Gasteiger partial charge in [-0.3, -0.25) is 4.79 Å². The van der Waals surface area contributed by atoms with Gasteiger partial charge in [0.15, 0.2) is 16.1 Å². The average Bonchev–Trinajstić information content (AvgIpc) is 3.34. The Morgan fingerprint density at radius 2 is 2.03 bits per heavy atom. The number of hydrogen-bond donors (Lipinski definition) is 1. The standard InChI is InChI=1S/C21H24ClN5O4S2/c1-5-27-16(10-31-15-8-7-14(22)9-12(15)3)25-26-21(27)32-11-17(28)24-20-23-13(4)18(33-20)19(29)30-6-2/h7-9H,5-6,10-11H2,1-4H3,(H,23,24,28). The fraction of sp³-hybridized carbons (Fsp3) is 0.381. The van der Waals surface area contributed by atoms with Gasteiger partial charge in [0.25, 0.3) is 0 Å². The summed E-state index contributed by atoms with van der Waals surface area (Å²) in [6, 6.07) is 5.42. The molecular weight excluding hydrogens is 486 g/mol. The predicted molar refractivity (Wildman–Crippen MR) is 128 cm³/mol. The summed E-state index contributed by atoms with van der Waals surface area (Å²) >= 11 is 8.34. The van der Waals surface area contributed by atoms with Crippen molar-refractivity contribution >= 4 is 51.7 Å². The molecule has 1 N–H and O–H groups in total. The van der Waals surface area contributed by atoms with Crippen molar-refractivity contribution in [2.24, 2.45) is 0 Å². The molecule has 9 nitrogen and oxygen atoms in total. The van der Waals surface area contributed by atoms with E-state index in [2.05, 4.69) is 20.5 Å². The number of benzene rings is 1. The Labute approximate surface area is 204 Å². The third-order valence-corrected chi connectivity index (χ3v) is 6.69. The van der Waals surface area contributed by atoms with Gasteiger partial charge < -0.3 is 19.4 Å². The maximum absolute atomic E-state index is 12.4. The number of thiazole rings is 1. The molecule has 33 heavy (non-hydrogen) atoms. The molecule has 3 rings (SSSR count). The van der Waals surface area contributed by atoms with Crippen LogP contribution in [0.1, 0.15) is 40.6 Å². The summed E-state index contributed by atoms with van der Waals surface area (Å²) < 4.78 is 12.8.